The van der Waals surface area contributed by atoms with E-state index in [-0.39, 0.29) is 28.1 Å². The fourth-order valence-electron chi connectivity index (χ4n) is 5.82. The van der Waals surface area contributed by atoms with Crippen molar-refractivity contribution in [1.29, 1.82) is 0 Å². The molecular formula is C24H42O3. The monoisotopic (exact) mass is 378 g/mol. The fourth-order valence-corrected chi connectivity index (χ4v) is 5.82. The molecule has 3 nitrogen and oxygen atoms in total. The Hall–Kier alpha value is -0.120. The van der Waals surface area contributed by atoms with Gasteiger partial charge in [0.1, 0.15) is 6.10 Å². The molecule has 0 spiro atoms. The molecule has 4 rings (SSSR count). The van der Waals surface area contributed by atoms with Crippen molar-refractivity contribution in [3.05, 3.63) is 0 Å². The summed E-state index contributed by atoms with van der Waals surface area (Å²) in [5, 5.41) is 0. The van der Waals surface area contributed by atoms with E-state index in [9.17, 15) is 0 Å². The second kappa shape index (κ2) is 5.73. The van der Waals surface area contributed by atoms with Gasteiger partial charge in [-0.25, -0.2) is 0 Å². The minimum absolute atomic E-state index is 0.00775. The summed E-state index contributed by atoms with van der Waals surface area (Å²) in [6.45, 7) is 20.7. The molecule has 4 fully saturated rings. The second-order valence-electron chi connectivity index (χ2n) is 11.3. The Kier molecular flexibility index (Phi) is 4.28. The third-order valence-electron chi connectivity index (χ3n) is 9.48. The molecule has 0 N–H and O–H groups in total. The lowest BCUT2D eigenvalue weighted by Crippen LogP contribution is -2.39. The average Bonchev–Trinajstić information content (AvgIpc) is 3.57. The van der Waals surface area contributed by atoms with Crippen LogP contribution in [0.2, 0.25) is 0 Å². The van der Waals surface area contributed by atoms with Crippen LogP contribution < -0.4 is 0 Å². The first-order chi connectivity index (χ1) is 12.5. The predicted molar refractivity (Wildman–Crippen MR) is 109 cm³/mol. The molecular weight excluding hydrogens is 336 g/mol. The molecule has 0 heterocycles. The minimum atomic E-state index is -0.570. The molecule has 9 unspecified atom stereocenters. The molecule has 0 radical (unpaired) electrons. The lowest BCUT2D eigenvalue weighted by atomic mass is 10.0. The normalized spacial score (nSPS) is 57.4. The number of ether oxygens (including phenoxy) is 3. The Morgan fingerprint density at radius 2 is 1.48 bits per heavy atom. The fraction of sp³-hybridized carbons (Fsp3) is 1.00. The SMILES string of the molecule is CCC1CC1(C)OC1(OC2(CC)CC2C)C(OC2C(C)C2(C)C)C1(C)CC. The van der Waals surface area contributed by atoms with E-state index in [1.807, 2.05) is 0 Å². The highest BCUT2D eigenvalue weighted by Crippen LogP contribution is 2.72. The maximum absolute atomic E-state index is 7.02. The molecule has 4 saturated carbocycles. The smallest absolute Gasteiger partial charge is 0.204 e. The largest absolute Gasteiger partial charge is 0.368 e. The summed E-state index contributed by atoms with van der Waals surface area (Å²) in [6, 6.07) is 0. The first-order valence-electron chi connectivity index (χ1n) is 11.5. The van der Waals surface area contributed by atoms with Crippen molar-refractivity contribution >= 4 is 0 Å². The van der Waals surface area contributed by atoms with Crippen molar-refractivity contribution in [2.45, 2.75) is 124 Å². The molecule has 0 aliphatic heterocycles. The number of hydrogen-bond donors (Lipinski definition) is 0. The van der Waals surface area contributed by atoms with Crippen molar-refractivity contribution in [3.8, 4) is 0 Å². The summed E-state index contributed by atoms with van der Waals surface area (Å²) in [6.07, 6.45) is 5.96. The number of rotatable bonds is 9. The molecule has 0 bridgehead atoms. The van der Waals surface area contributed by atoms with Gasteiger partial charge in [-0.2, -0.15) is 0 Å². The van der Waals surface area contributed by atoms with Gasteiger partial charge in [-0.15, -0.1) is 0 Å². The molecule has 0 amide bonds. The maximum atomic E-state index is 7.02. The summed E-state index contributed by atoms with van der Waals surface area (Å²) >= 11 is 0. The molecule has 4 aliphatic rings. The highest BCUT2D eigenvalue weighted by molar-refractivity contribution is 5.25. The van der Waals surface area contributed by atoms with Crippen LogP contribution in [0.1, 0.15) is 94.4 Å². The molecule has 4 aliphatic carbocycles. The zero-order valence-corrected chi connectivity index (χ0v) is 19.1. The maximum Gasteiger partial charge on any atom is 0.204 e. The highest BCUT2D eigenvalue weighted by Gasteiger charge is 2.83. The Balaban J connectivity index is 1.61. The highest BCUT2D eigenvalue weighted by atomic mass is 16.8. The Bertz CT molecular complexity index is 613. The van der Waals surface area contributed by atoms with Crippen LogP contribution in [-0.4, -0.2) is 29.2 Å². The van der Waals surface area contributed by atoms with Crippen LogP contribution in [0.3, 0.4) is 0 Å². The van der Waals surface area contributed by atoms with Gasteiger partial charge in [-0.3, -0.25) is 0 Å². The summed E-state index contributed by atoms with van der Waals surface area (Å²) in [4.78, 5) is 0. The molecule has 27 heavy (non-hydrogen) atoms. The van der Waals surface area contributed by atoms with Gasteiger partial charge in [0.25, 0.3) is 0 Å². The Morgan fingerprint density at radius 3 is 1.85 bits per heavy atom. The van der Waals surface area contributed by atoms with Crippen LogP contribution in [0.25, 0.3) is 0 Å². The van der Waals surface area contributed by atoms with E-state index in [1.54, 1.807) is 0 Å². The van der Waals surface area contributed by atoms with Crippen LogP contribution in [0.4, 0.5) is 0 Å². The molecule has 0 aromatic carbocycles. The summed E-state index contributed by atoms with van der Waals surface area (Å²) in [5.74, 6) is 1.32. The van der Waals surface area contributed by atoms with Gasteiger partial charge >= 0.3 is 0 Å². The van der Waals surface area contributed by atoms with E-state index in [0.29, 0.717) is 23.9 Å². The molecule has 3 heteroatoms. The van der Waals surface area contributed by atoms with Crippen LogP contribution >= 0.6 is 0 Å². The van der Waals surface area contributed by atoms with Crippen LogP contribution in [0.5, 0.6) is 0 Å². The van der Waals surface area contributed by atoms with Crippen molar-refractivity contribution in [2.75, 3.05) is 0 Å². The quantitative estimate of drug-likeness (QED) is 0.464. The van der Waals surface area contributed by atoms with Gasteiger partial charge in [0.2, 0.25) is 5.79 Å². The van der Waals surface area contributed by atoms with Crippen LogP contribution in [0.15, 0.2) is 0 Å². The van der Waals surface area contributed by atoms with Crippen molar-refractivity contribution in [1.82, 2.24) is 0 Å². The van der Waals surface area contributed by atoms with Crippen molar-refractivity contribution < 1.29 is 14.2 Å². The third-order valence-corrected chi connectivity index (χ3v) is 9.48. The lowest BCUT2D eigenvalue weighted by molar-refractivity contribution is -0.267. The van der Waals surface area contributed by atoms with E-state index < -0.39 is 5.79 Å². The van der Waals surface area contributed by atoms with E-state index in [1.165, 1.54) is 6.42 Å². The first-order valence-corrected chi connectivity index (χ1v) is 11.5. The first kappa shape index (κ1) is 20.2. The van der Waals surface area contributed by atoms with Gasteiger partial charge in [0, 0.05) is 0 Å². The predicted octanol–water partition coefficient (Wildman–Crippen LogP) is 5.95. The average molecular weight is 379 g/mol. The van der Waals surface area contributed by atoms with Gasteiger partial charge in [0.05, 0.1) is 22.7 Å². The van der Waals surface area contributed by atoms with E-state index >= 15 is 0 Å². The van der Waals surface area contributed by atoms with Gasteiger partial charge in [-0.1, -0.05) is 61.8 Å². The summed E-state index contributed by atoms with van der Waals surface area (Å²) in [7, 11) is 0. The topological polar surface area (TPSA) is 27.7 Å². The molecule has 0 aromatic heterocycles. The Morgan fingerprint density at radius 1 is 0.889 bits per heavy atom. The van der Waals surface area contributed by atoms with E-state index in [4.69, 9.17) is 14.2 Å². The van der Waals surface area contributed by atoms with Gasteiger partial charge in [-0.05, 0) is 55.8 Å². The number of hydrogen-bond acceptors (Lipinski definition) is 3. The van der Waals surface area contributed by atoms with Gasteiger partial charge in [0.15, 0.2) is 0 Å². The Labute approximate surface area is 166 Å². The molecule has 0 saturated heterocycles. The van der Waals surface area contributed by atoms with Gasteiger partial charge < -0.3 is 14.2 Å². The van der Waals surface area contributed by atoms with E-state index in [2.05, 4.69) is 62.3 Å². The van der Waals surface area contributed by atoms with Crippen molar-refractivity contribution in [2.24, 2.45) is 28.6 Å². The molecule has 156 valence electrons. The summed E-state index contributed by atoms with van der Waals surface area (Å²) < 4.78 is 20.8. The van der Waals surface area contributed by atoms with Crippen LogP contribution in [-0.2, 0) is 14.2 Å². The minimum Gasteiger partial charge on any atom is -0.368 e. The van der Waals surface area contributed by atoms with E-state index in [0.717, 1.165) is 25.7 Å². The zero-order valence-electron chi connectivity index (χ0n) is 19.1. The lowest BCUT2D eigenvalue weighted by Gasteiger charge is -2.32. The van der Waals surface area contributed by atoms with Crippen LogP contribution in [0, 0.1) is 28.6 Å². The molecule has 0 aromatic rings. The second-order valence-corrected chi connectivity index (χ2v) is 11.3. The third kappa shape index (κ3) is 2.63. The van der Waals surface area contributed by atoms with Crippen molar-refractivity contribution in [3.63, 3.8) is 0 Å². The summed E-state index contributed by atoms with van der Waals surface area (Å²) in [5.41, 5.74) is 0.167. The molecule has 9 atom stereocenters. The standard InChI is InChI=1S/C24H42O3/c1-10-17-14-22(17,9)26-24(27-23(12-3)13-15(23)4)19(21(24,8)11-2)25-18-16(5)20(18,6)7/h15-19H,10-14H2,1-9H3. The zero-order chi connectivity index (χ0) is 20.0.